The second-order valence-corrected chi connectivity index (χ2v) is 5.55. The van der Waals surface area contributed by atoms with Crippen LogP contribution in [0.2, 0.25) is 0 Å². The molecule has 0 radical (unpaired) electrons. The lowest BCUT2D eigenvalue weighted by molar-refractivity contribution is 0.158. The Morgan fingerprint density at radius 3 is 2.83 bits per heavy atom. The Bertz CT molecular complexity index is 451. The zero-order valence-electron chi connectivity index (χ0n) is 11.2. The maximum Gasteiger partial charge on any atom is 0.0991 e. The average molecular weight is 243 g/mol. The summed E-state index contributed by atoms with van der Waals surface area (Å²) in [7, 11) is 0. The zero-order chi connectivity index (χ0) is 13.1. The number of rotatable bonds is 2. The molecule has 2 rings (SSSR count). The number of likely N-dealkylation sites (tertiary alicyclic amines) is 1. The summed E-state index contributed by atoms with van der Waals surface area (Å²) in [5.74, 6) is 0.674. The van der Waals surface area contributed by atoms with Crippen molar-refractivity contribution >= 4 is 0 Å². The molecule has 0 amide bonds. The van der Waals surface area contributed by atoms with Gasteiger partial charge in [-0.25, -0.2) is 0 Å². The van der Waals surface area contributed by atoms with Crippen molar-refractivity contribution in [1.82, 2.24) is 4.90 Å². The van der Waals surface area contributed by atoms with Gasteiger partial charge in [-0.05, 0) is 42.5 Å². The topological polar surface area (TPSA) is 53.0 Å². The Labute approximate surface area is 109 Å². The van der Waals surface area contributed by atoms with Crippen LogP contribution in [0, 0.1) is 24.2 Å². The second kappa shape index (κ2) is 5.51. The smallest absolute Gasteiger partial charge is 0.0991 e. The van der Waals surface area contributed by atoms with Gasteiger partial charge in [0.2, 0.25) is 0 Å². The van der Waals surface area contributed by atoms with Crippen molar-refractivity contribution in [2.75, 3.05) is 13.1 Å². The quantitative estimate of drug-likeness (QED) is 0.864. The molecular weight excluding hydrogens is 222 g/mol. The van der Waals surface area contributed by atoms with Gasteiger partial charge in [0.25, 0.3) is 0 Å². The van der Waals surface area contributed by atoms with E-state index >= 15 is 0 Å². The fraction of sp³-hybridized carbons (Fsp3) is 0.533. The van der Waals surface area contributed by atoms with Crippen LogP contribution < -0.4 is 5.73 Å². The van der Waals surface area contributed by atoms with Crippen LogP contribution in [0.5, 0.6) is 0 Å². The summed E-state index contributed by atoms with van der Waals surface area (Å²) in [5.41, 5.74) is 9.30. The maximum absolute atomic E-state index is 8.87. The monoisotopic (exact) mass is 243 g/mol. The van der Waals surface area contributed by atoms with Crippen LogP contribution >= 0.6 is 0 Å². The van der Waals surface area contributed by atoms with E-state index in [4.69, 9.17) is 11.0 Å². The minimum Gasteiger partial charge on any atom is -0.327 e. The van der Waals surface area contributed by atoms with E-state index in [1.807, 2.05) is 12.1 Å². The first kappa shape index (κ1) is 13.1. The number of hydrogen-bond donors (Lipinski definition) is 1. The lowest BCUT2D eigenvalue weighted by Gasteiger charge is -2.35. The van der Waals surface area contributed by atoms with Gasteiger partial charge in [-0.15, -0.1) is 0 Å². The van der Waals surface area contributed by atoms with Crippen LogP contribution in [-0.4, -0.2) is 24.0 Å². The van der Waals surface area contributed by atoms with Crippen LogP contribution in [0.25, 0.3) is 0 Å². The molecule has 1 aliphatic rings. The molecule has 0 spiro atoms. The molecule has 1 fully saturated rings. The van der Waals surface area contributed by atoms with Gasteiger partial charge < -0.3 is 5.73 Å². The minimum absolute atomic E-state index is 0.299. The number of nitrogens with zero attached hydrogens (tertiary/aromatic N) is 2. The largest absolute Gasteiger partial charge is 0.327 e. The highest BCUT2D eigenvalue weighted by molar-refractivity contribution is 5.37. The van der Waals surface area contributed by atoms with E-state index in [0.717, 1.165) is 31.6 Å². The fourth-order valence-corrected chi connectivity index (χ4v) is 2.83. The first-order valence-electron chi connectivity index (χ1n) is 6.56. The lowest BCUT2D eigenvalue weighted by Crippen LogP contribution is -2.45. The number of nitrogens with two attached hydrogens (primary N) is 1. The molecule has 3 nitrogen and oxygen atoms in total. The molecule has 0 saturated carbocycles. The van der Waals surface area contributed by atoms with Gasteiger partial charge in [-0.3, -0.25) is 4.90 Å². The summed E-state index contributed by atoms with van der Waals surface area (Å²) in [6.07, 6.45) is 1.13. The molecule has 1 aliphatic heterocycles. The number of benzene rings is 1. The normalized spacial score (nSPS) is 24.8. The van der Waals surface area contributed by atoms with Gasteiger partial charge in [0.1, 0.15) is 0 Å². The highest BCUT2D eigenvalue weighted by Gasteiger charge is 2.22. The molecule has 96 valence electrons. The predicted molar refractivity (Wildman–Crippen MR) is 72.9 cm³/mol. The summed E-state index contributed by atoms with van der Waals surface area (Å²) in [5, 5.41) is 8.87. The molecule has 0 aromatic heterocycles. The van der Waals surface area contributed by atoms with E-state index in [2.05, 4.69) is 30.9 Å². The SMILES string of the molecule is Cc1cc(C#N)ccc1CN1CC(C)CC(N)C1. The molecular formula is C15H21N3. The number of nitriles is 1. The van der Waals surface area contributed by atoms with Gasteiger partial charge in [0.05, 0.1) is 11.6 Å². The Kier molecular flexibility index (Phi) is 4.00. The van der Waals surface area contributed by atoms with E-state index < -0.39 is 0 Å². The van der Waals surface area contributed by atoms with Crippen molar-refractivity contribution in [3.8, 4) is 6.07 Å². The molecule has 0 bridgehead atoms. The number of piperidine rings is 1. The first-order chi connectivity index (χ1) is 8.58. The fourth-order valence-electron chi connectivity index (χ4n) is 2.83. The van der Waals surface area contributed by atoms with Crippen LogP contribution in [0.3, 0.4) is 0 Å². The van der Waals surface area contributed by atoms with Crippen molar-refractivity contribution in [2.24, 2.45) is 11.7 Å². The van der Waals surface area contributed by atoms with Crippen molar-refractivity contribution in [1.29, 1.82) is 5.26 Å². The average Bonchev–Trinajstić information content (AvgIpc) is 2.30. The van der Waals surface area contributed by atoms with Crippen molar-refractivity contribution in [2.45, 2.75) is 32.9 Å². The highest BCUT2D eigenvalue weighted by Crippen LogP contribution is 2.19. The Balaban J connectivity index is 2.07. The highest BCUT2D eigenvalue weighted by atomic mass is 15.1. The van der Waals surface area contributed by atoms with Crippen LogP contribution in [0.15, 0.2) is 18.2 Å². The van der Waals surface area contributed by atoms with Gasteiger partial charge >= 0.3 is 0 Å². The third kappa shape index (κ3) is 3.10. The maximum atomic E-state index is 8.87. The van der Waals surface area contributed by atoms with E-state index in [1.165, 1.54) is 11.1 Å². The van der Waals surface area contributed by atoms with Crippen molar-refractivity contribution in [3.05, 3.63) is 34.9 Å². The third-order valence-corrected chi connectivity index (χ3v) is 3.63. The van der Waals surface area contributed by atoms with Gasteiger partial charge in [0, 0.05) is 25.7 Å². The van der Waals surface area contributed by atoms with Gasteiger partial charge in [-0.2, -0.15) is 5.26 Å². The summed E-state index contributed by atoms with van der Waals surface area (Å²) in [6.45, 7) is 7.37. The van der Waals surface area contributed by atoms with Crippen LogP contribution in [-0.2, 0) is 6.54 Å². The summed E-state index contributed by atoms with van der Waals surface area (Å²) in [4.78, 5) is 2.42. The predicted octanol–water partition coefficient (Wildman–Crippen LogP) is 2.04. The Morgan fingerprint density at radius 2 is 2.22 bits per heavy atom. The Morgan fingerprint density at radius 1 is 1.44 bits per heavy atom. The number of hydrogen-bond acceptors (Lipinski definition) is 3. The van der Waals surface area contributed by atoms with E-state index in [-0.39, 0.29) is 0 Å². The third-order valence-electron chi connectivity index (χ3n) is 3.63. The zero-order valence-corrected chi connectivity index (χ0v) is 11.2. The van der Waals surface area contributed by atoms with E-state index in [0.29, 0.717) is 12.0 Å². The summed E-state index contributed by atoms with van der Waals surface area (Å²) >= 11 is 0. The lowest BCUT2D eigenvalue weighted by atomic mass is 9.95. The molecule has 1 heterocycles. The summed E-state index contributed by atoms with van der Waals surface area (Å²) < 4.78 is 0. The van der Waals surface area contributed by atoms with E-state index in [1.54, 1.807) is 0 Å². The van der Waals surface area contributed by atoms with Gasteiger partial charge in [-0.1, -0.05) is 13.0 Å². The molecule has 3 heteroatoms. The first-order valence-corrected chi connectivity index (χ1v) is 6.56. The second-order valence-electron chi connectivity index (χ2n) is 5.55. The van der Waals surface area contributed by atoms with Crippen LogP contribution in [0.4, 0.5) is 0 Å². The molecule has 1 aromatic carbocycles. The standard InChI is InChI=1S/C15H21N3/c1-11-5-15(17)10-18(8-11)9-14-4-3-13(7-16)6-12(14)2/h3-4,6,11,15H,5,8-10,17H2,1-2H3. The summed E-state index contributed by atoms with van der Waals surface area (Å²) in [6, 6.07) is 8.41. The Hall–Kier alpha value is -1.37. The van der Waals surface area contributed by atoms with Crippen molar-refractivity contribution in [3.63, 3.8) is 0 Å². The molecule has 1 aromatic rings. The van der Waals surface area contributed by atoms with Crippen molar-refractivity contribution < 1.29 is 0 Å². The molecule has 2 atom stereocenters. The molecule has 0 aliphatic carbocycles. The molecule has 18 heavy (non-hydrogen) atoms. The molecule has 2 N–H and O–H groups in total. The molecule has 1 saturated heterocycles. The number of aryl methyl sites for hydroxylation is 1. The molecule has 2 unspecified atom stereocenters. The van der Waals surface area contributed by atoms with Gasteiger partial charge in [0.15, 0.2) is 0 Å². The van der Waals surface area contributed by atoms with E-state index in [9.17, 15) is 0 Å². The van der Waals surface area contributed by atoms with Crippen LogP contribution in [0.1, 0.15) is 30.0 Å². The minimum atomic E-state index is 0.299.